The van der Waals surface area contributed by atoms with Crippen LogP contribution in [0, 0.1) is 34.6 Å². The third-order valence-corrected chi connectivity index (χ3v) is 7.91. The van der Waals surface area contributed by atoms with E-state index in [1.807, 2.05) is 45.9 Å². The molecule has 0 spiro atoms. The molecule has 1 amide bonds. The lowest BCUT2D eigenvalue weighted by Crippen LogP contribution is -2.25. The fraction of sp³-hybridized carbons (Fsp3) is 0.222. The molecule has 7 nitrogen and oxygen atoms in total. The Kier molecular flexibility index (Phi) is 6.34. The normalized spacial score (nSPS) is 11.6. The van der Waals surface area contributed by atoms with Crippen LogP contribution in [0.2, 0.25) is 0 Å². The minimum absolute atomic E-state index is 0.0312. The van der Waals surface area contributed by atoms with E-state index in [4.69, 9.17) is 0 Å². The second-order valence-corrected chi connectivity index (χ2v) is 10.8. The third kappa shape index (κ3) is 4.61. The molecule has 4 aromatic rings. The zero-order valence-corrected chi connectivity index (χ0v) is 21.2. The third-order valence-electron chi connectivity index (χ3n) is 6.17. The molecule has 0 saturated heterocycles. The van der Waals surface area contributed by atoms with Crippen LogP contribution >= 0.6 is 0 Å². The summed E-state index contributed by atoms with van der Waals surface area (Å²) in [7, 11) is -4.13. The van der Waals surface area contributed by atoms with Crippen molar-refractivity contribution in [3.05, 3.63) is 92.9 Å². The number of aromatic nitrogens is 2. The Morgan fingerprint density at radius 2 is 1.60 bits per heavy atom. The lowest BCUT2D eigenvalue weighted by atomic mass is 10.1. The molecule has 1 N–H and O–H groups in total. The van der Waals surface area contributed by atoms with Crippen molar-refractivity contribution < 1.29 is 13.2 Å². The van der Waals surface area contributed by atoms with E-state index in [2.05, 4.69) is 10.3 Å². The monoisotopic (exact) mass is 489 g/mol. The lowest BCUT2D eigenvalue weighted by Gasteiger charge is -2.15. The first kappa shape index (κ1) is 24.3. The van der Waals surface area contributed by atoms with E-state index in [1.165, 1.54) is 16.8 Å². The number of hydrogen-bond donors (Lipinski definition) is 1. The van der Waals surface area contributed by atoms with Crippen molar-refractivity contribution in [3.8, 4) is 0 Å². The predicted molar refractivity (Wildman–Crippen MR) is 137 cm³/mol. The van der Waals surface area contributed by atoms with Gasteiger partial charge >= 0.3 is 0 Å². The lowest BCUT2D eigenvalue weighted by molar-refractivity contribution is -0.116. The summed E-state index contributed by atoms with van der Waals surface area (Å²) in [6, 6.07) is 13.7. The molecule has 0 unspecified atom stereocenters. The Morgan fingerprint density at radius 1 is 0.914 bits per heavy atom. The fourth-order valence-electron chi connectivity index (χ4n) is 4.00. The van der Waals surface area contributed by atoms with Gasteiger partial charge in [-0.25, -0.2) is 13.4 Å². The first-order chi connectivity index (χ1) is 16.5. The SMILES string of the molecule is Cc1ccc2c(=O)c(S(=O)(=O)c3ccc(C)c(C)c3)cn(CC(=O)Nc3c(C)cccc3C)c2n1. The van der Waals surface area contributed by atoms with Gasteiger partial charge in [-0.3, -0.25) is 9.59 Å². The summed E-state index contributed by atoms with van der Waals surface area (Å²) < 4.78 is 28.5. The van der Waals surface area contributed by atoms with Gasteiger partial charge in [0.25, 0.3) is 0 Å². The Hall–Kier alpha value is -3.78. The molecule has 2 heterocycles. The van der Waals surface area contributed by atoms with Gasteiger partial charge in [-0.05, 0) is 81.1 Å². The van der Waals surface area contributed by atoms with Crippen molar-refractivity contribution in [3.63, 3.8) is 0 Å². The summed E-state index contributed by atoms with van der Waals surface area (Å²) in [5.41, 5.74) is 4.54. The second kappa shape index (κ2) is 9.11. The molecule has 0 bridgehead atoms. The van der Waals surface area contributed by atoms with Crippen molar-refractivity contribution in [2.45, 2.75) is 51.0 Å². The standard InChI is InChI=1S/C27H27N3O4S/c1-16-9-11-21(13-19(16)4)35(33,34)23-14-30(27-22(26(23)32)12-10-20(5)28-27)15-24(31)29-25-17(2)7-6-8-18(25)3/h6-14H,15H2,1-5H3,(H,29,31). The van der Waals surface area contributed by atoms with Crippen LogP contribution < -0.4 is 10.7 Å². The number of hydrogen-bond acceptors (Lipinski definition) is 5. The number of nitrogens with one attached hydrogen (secondary N) is 1. The Morgan fingerprint density at radius 3 is 2.26 bits per heavy atom. The van der Waals surface area contributed by atoms with E-state index in [0.717, 1.165) is 22.3 Å². The smallest absolute Gasteiger partial charge is 0.244 e. The summed E-state index contributed by atoms with van der Waals surface area (Å²) in [5, 5.41) is 3.05. The van der Waals surface area contributed by atoms with E-state index in [9.17, 15) is 18.0 Å². The van der Waals surface area contributed by atoms with Crippen molar-refractivity contribution in [1.29, 1.82) is 0 Å². The number of anilines is 1. The summed E-state index contributed by atoms with van der Waals surface area (Å²) >= 11 is 0. The molecule has 8 heteroatoms. The number of fused-ring (bicyclic) bond motifs is 1. The van der Waals surface area contributed by atoms with Gasteiger partial charge in [-0.15, -0.1) is 0 Å². The molecular formula is C27H27N3O4S. The van der Waals surface area contributed by atoms with E-state index in [0.29, 0.717) is 11.4 Å². The van der Waals surface area contributed by atoms with Crippen LogP contribution in [0.4, 0.5) is 5.69 Å². The van der Waals surface area contributed by atoms with E-state index in [1.54, 1.807) is 31.2 Å². The van der Waals surface area contributed by atoms with Crippen molar-refractivity contribution in [2.24, 2.45) is 0 Å². The number of pyridine rings is 2. The van der Waals surface area contributed by atoms with E-state index < -0.39 is 20.2 Å². The minimum Gasteiger partial charge on any atom is -0.324 e. The zero-order valence-electron chi connectivity index (χ0n) is 20.3. The first-order valence-corrected chi connectivity index (χ1v) is 12.7. The largest absolute Gasteiger partial charge is 0.324 e. The quantitative estimate of drug-likeness (QED) is 0.448. The van der Waals surface area contributed by atoms with E-state index in [-0.39, 0.29) is 28.4 Å². The molecule has 0 fully saturated rings. The average molecular weight is 490 g/mol. The van der Waals surface area contributed by atoms with Crippen LogP contribution in [0.25, 0.3) is 11.0 Å². The maximum Gasteiger partial charge on any atom is 0.244 e. The van der Waals surface area contributed by atoms with Crippen molar-refractivity contribution in [1.82, 2.24) is 9.55 Å². The number of nitrogens with zero attached hydrogens (tertiary/aromatic N) is 2. The maximum atomic E-state index is 13.5. The molecule has 4 rings (SSSR count). The Bertz CT molecular complexity index is 1630. The van der Waals surface area contributed by atoms with Crippen molar-refractivity contribution in [2.75, 3.05) is 5.32 Å². The number of para-hydroxylation sites is 1. The zero-order chi connectivity index (χ0) is 25.5. The van der Waals surface area contributed by atoms with Gasteiger partial charge in [0, 0.05) is 17.6 Å². The number of carbonyl (C=O) groups excluding carboxylic acids is 1. The average Bonchev–Trinajstić information content (AvgIpc) is 2.79. The van der Waals surface area contributed by atoms with Crippen LogP contribution in [0.1, 0.15) is 27.9 Å². The molecular weight excluding hydrogens is 462 g/mol. The molecule has 2 aromatic heterocycles. The molecule has 2 aromatic carbocycles. The summed E-state index contributed by atoms with van der Waals surface area (Å²) in [5.74, 6) is -0.356. The van der Waals surface area contributed by atoms with E-state index >= 15 is 0 Å². The topological polar surface area (TPSA) is 98.1 Å². The van der Waals surface area contributed by atoms with Gasteiger partial charge in [-0.2, -0.15) is 0 Å². The van der Waals surface area contributed by atoms with Gasteiger partial charge in [0.2, 0.25) is 21.2 Å². The second-order valence-electron chi connectivity index (χ2n) is 8.84. The number of amides is 1. The number of carbonyl (C=O) groups is 1. The molecule has 0 atom stereocenters. The predicted octanol–water partition coefficient (Wildman–Crippen LogP) is 4.41. The fourth-order valence-corrected chi connectivity index (χ4v) is 5.45. The molecule has 0 aliphatic rings. The van der Waals surface area contributed by atoms with Crippen LogP contribution in [0.15, 0.2) is 69.3 Å². The maximum absolute atomic E-state index is 13.5. The molecule has 0 aliphatic carbocycles. The van der Waals surface area contributed by atoms with Crippen LogP contribution in [0.5, 0.6) is 0 Å². The van der Waals surface area contributed by atoms with Crippen LogP contribution in [-0.4, -0.2) is 23.9 Å². The van der Waals surface area contributed by atoms with Gasteiger partial charge in [0.15, 0.2) is 0 Å². The van der Waals surface area contributed by atoms with Crippen LogP contribution in [0.3, 0.4) is 0 Å². The highest BCUT2D eigenvalue weighted by Gasteiger charge is 2.25. The molecule has 0 saturated carbocycles. The number of benzene rings is 2. The minimum atomic E-state index is -4.13. The summed E-state index contributed by atoms with van der Waals surface area (Å²) in [6.07, 6.45) is 1.23. The van der Waals surface area contributed by atoms with Gasteiger partial charge in [0.1, 0.15) is 17.1 Å². The summed E-state index contributed by atoms with van der Waals surface area (Å²) in [4.78, 5) is 30.4. The Balaban J connectivity index is 1.85. The molecule has 0 aliphatic heterocycles. The van der Waals surface area contributed by atoms with Gasteiger partial charge < -0.3 is 9.88 Å². The molecule has 180 valence electrons. The number of sulfone groups is 1. The van der Waals surface area contributed by atoms with Gasteiger partial charge in [-0.1, -0.05) is 24.3 Å². The highest BCUT2D eigenvalue weighted by atomic mass is 32.2. The highest BCUT2D eigenvalue weighted by molar-refractivity contribution is 7.91. The van der Waals surface area contributed by atoms with Crippen LogP contribution in [-0.2, 0) is 21.2 Å². The highest BCUT2D eigenvalue weighted by Crippen LogP contribution is 2.24. The molecule has 35 heavy (non-hydrogen) atoms. The van der Waals surface area contributed by atoms with Gasteiger partial charge in [0.05, 0.1) is 10.3 Å². The molecule has 0 radical (unpaired) electrons. The number of rotatable bonds is 5. The summed E-state index contributed by atoms with van der Waals surface area (Å²) in [6.45, 7) is 9.06. The van der Waals surface area contributed by atoms with Crippen molar-refractivity contribution >= 4 is 32.5 Å². The first-order valence-electron chi connectivity index (χ1n) is 11.2. The number of aryl methyl sites for hydroxylation is 5. The Labute approximate surface area is 204 Å².